The molecule has 0 rings (SSSR count). The molecule has 0 saturated carbocycles. The molecule has 0 spiro atoms. The molecule has 0 fully saturated rings. The van der Waals surface area contributed by atoms with Crippen molar-refractivity contribution < 1.29 is 4.79 Å². The van der Waals surface area contributed by atoms with Crippen molar-refractivity contribution in [1.29, 1.82) is 0 Å². The van der Waals surface area contributed by atoms with Gasteiger partial charge >= 0.3 is 0 Å². The molecular weight excluding hydrogens is 174 g/mol. The van der Waals surface area contributed by atoms with Crippen molar-refractivity contribution in [2.45, 2.75) is 6.42 Å². The Kier molecular flexibility index (Phi) is 5.36. The minimum absolute atomic E-state index is 0.0985. The SMILES string of the molecule is CNC(=S)NCCC(=O)N(C)C. The van der Waals surface area contributed by atoms with Crippen LogP contribution < -0.4 is 10.6 Å². The highest BCUT2D eigenvalue weighted by atomic mass is 32.1. The van der Waals surface area contributed by atoms with Gasteiger partial charge in [0.25, 0.3) is 0 Å². The third kappa shape index (κ3) is 4.90. The van der Waals surface area contributed by atoms with E-state index in [0.717, 1.165) is 0 Å². The van der Waals surface area contributed by atoms with E-state index < -0.39 is 0 Å². The maximum atomic E-state index is 11.0. The number of nitrogens with zero attached hydrogens (tertiary/aromatic N) is 1. The van der Waals surface area contributed by atoms with Crippen LogP contribution in [0.3, 0.4) is 0 Å². The van der Waals surface area contributed by atoms with Gasteiger partial charge < -0.3 is 15.5 Å². The maximum absolute atomic E-state index is 11.0. The van der Waals surface area contributed by atoms with E-state index in [1.165, 1.54) is 0 Å². The molecule has 0 aromatic carbocycles. The zero-order valence-electron chi connectivity index (χ0n) is 7.68. The second-order valence-electron chi connectivity index (χ2n) is 2.54. The van der Waals surface area contributed by atoms with Gasteiger partial charge in [-0.25, -0.2) is 0 Å². The number of hydrogen-bond acceptors (Lipinski definition) is 2. The summed E-state index contributed by atoms with van der Waals surface area (Å²) in [5.41, 5.74) is 0. The summed E-state index contributed by atoms with van der Waals surface area (Å²) in [7, 11) is 5.21. The third-order valence-corrected chi connectivity index (χ3v) is 1.70. The second kappa shape index (κ2) is 5.77. The second-order valence-corrected chi connectivity index (χ2v) is 2.95. The van der Waals surface area contributed by atoms with E-state index in [1.54, 1.807) is 26.0 Å². The lowest BCUT2D eigenvalue weighted by Crippen LogP contribution is -2.35. The molecule has 1 amide bonds. The molecule has 0 aliphatic carbocycles. The number of nitrogens with one attached hydrogen (secondary N) is 2. The Morgan fingerprint density at radius 3 is 2.50 bits per heavy atom. The van der Waals surface area contributed by atoms with Crippen LogP contribution in [0, 0.1) is 0 Å². The van der Waals surface area contributed by atoms with E-state index >= 15 is 0 Å². The van der Waals surface area contributed by atoms with Crippen molar-refractivity contribution in [3.05, 3.63) is 0 Å². The van der Waals surface area contributed by atoms with Gasteiger partial charge in [0.15, 0.2) is 5.11 Å². The van der Waals surface area contributed by atoms with Crippen LogP contribution in [-0.4, -0.2) is 43.6 Å². The standard InChI is InChI=1S/C7H15N3OS/c1-8-7(12)9-5-4-6(11)10(2)3/h4-5H2,1-3H3,(H2,8,9,12). The molecule has 0 unspecified atom stereocenters. The average molecular weight is 189 g/mol. The van der Waals surface area contributed by atoms with E-state index in [0.29, 0.717) is 18.1 Å². The van der Waals surface area contributed by atoms with Gasteiger partial charge in [0.05, 0.1) is 0 Å². The largest absolute Gasteiger partial charge is 0.366 e. The molecule has 0 aliphatic rings. The summed E-state index contributed by atoms with van der Waals surface area (Å²) in [6.07, 6.45) is 0.467. The van der Waals surface area contributed by atoms with Crippen molar-refractivity contribution in [2.24, 2.45) is 0 Å². The maximum Gasteiger partial charge on any atom is 0.223 e. The summed E-state index contributed by atoms with van der Waals surface area (Å²) in [6.45, 7) is 0.580. The highest BCUT2D eigenvalue weighted by Crippen LogP contribution is 1.84. The fourth-order valence-electron chi connectivity index (χ4n) is 0.595. The first-order chi connectivity index (χ1) is 5.57. The molecule has 5 heteroatoms. The van der Waals surface area contributed by atoms with Crippen molar-refractivity contribution in [3.8, 4) is 0 Å². The van der Waals surface area contributed by atoms with E-state index in [-0.39, 0.29) is 5.91 Å². The van der Waals surface area contributed by atoms with Crippen LogP contribution in [0.5, 0.6) is 0 Å². The quantitative estimate of drug-likeness (QED) is 0.591. The number of hydrogen-bond donors (Lipinski definition) is 2. The first-order valence-corrected chi connectivity index (χ1v) is 4.14. The van der Waals surface area contributed by atoms with Crippen LogP contribution in [0.15, 0.2) is 0 Å². The Hall–Kier alpha value is -0.840. The molecule has 0 atom stereocenters. The summed E-state index contributed by atoms with van der Waals surface area (Å²) in [6, 6.07) is 0. The Morgan fingerprint density at radius 2 is 2.08 bits per heavy atom. The first kappa shape index (κ1) is 11.2. The highest BCUT2D eigenvalue weighted by molar-refractivity contribution is 7.80. The lowest BCUT2D eigenvalue weighted by atomic mass is 10.4. The molecule has 0 bridgehead atoms. The Balaban J connectivity index is 3.44. The van der Waals surface area contributed by atoms with E-state index in [1.807, 2.05) is 0 Å². The molecule has 0 heterocycles. The van der Waals surface area contributed by atoms with Crippen molar-refractivity contribution in [2.75, 3.05) is 27.7 Å². The van der Waals surface area contributed by atoms with Crippen LogP contribution >= 0.6 is 12.2 Å². The van der Waals surface area contributed by atoms with Crippen molar-refractivity contribution in [3.63, 3.8) is 0 Å². The molecule has 70 valence electrons. The third-order valence-electron chi connectivity index (χ3n) is 1.35. The van der Waals surface area contributed by atoms with Crippen LogP contribution in [0.25, 0.3) is 0 Å². The summed E-state index contributed by atoms with van der Waals surface area (Å²) in [5, 5.41) is 6.23. The van der Waals surface area contributed by atoms with Gasteiger partial charge in [0.2, 0.25) is 5.91 Å². The lowest BCUT2D eigenvalue weighted by molar-refractivity contribution is -0.128. The first-order valence-electron chi connectivity index (χ1n) is 3.73. The van der Waals surface area contributed by atoms with Gasteiger partial charge in [-0.2, -0.15) is 0 Å². The zero-order chi connectivity index (χ0) is 9.56. The Labute approximate surface area is 78.3 Å². The van der Waals surface area contributed by atoms with Crippen LogP contribution in [-0.2, 0) is 4.79 Å². The number of amides is 1. The van der Waals surface area contributed by atoms with Crippen molar-refractivity contribution >= 4 is 23.2 Å². The highest BCUT2D eigenvalue weighted by Gasteiger charge is 2.02. The molecule has 0 aliphatic heterocycles. The molecular formula is C7H15N3OS. The number of thiocarbonyl (C=S) groups is 1. The van der Waals surface area contributed by atoms with Crippen LogP contribution in [0.2, 0.25) is 0 Å². The van der Waals surface area contributed by atoms with E-state index in [9.17, 15) is 4.79 Å². The van der Waals surface area contributed by atoms with E-state index in [4.69, 9.17) is 12.2 Å². The minimum atomic E-state index is 0.0985. The van der Waals surface area contributed by atoms with Crippen molar-refractivity contribution in [1.82, 2.24) is 15.5 Å². The molecule has 2 N–H and O–H groups in total. The molecule has 0 aromatic heterocycles. The zero-order valence-corrected chi connectivity index (χ0v) is 8.49. The van der Waals surface area contributed by atoms with Crippen LogP contribution in [0.1, 0.15) is 6.42 Å². The fraction of sp³-hybridized carbons (Fsp3) is 0.714. The number of rotatable bonds is 3. The molecule has 0 radical (unpaired) electrons. The normalized spacial score (nSPS) is 8.92. The van der Waals surface area contributed by atoms with Gasteiger partial charge in [-0.3, -0.25) is 4.79 Å². The summed E-state index contributed by atoms with van der Waals surface area (Å²) < 4.78 is 0. The van der Waals surface area contributed by atoms with Gasteiger partial charge in [0, 0.05) is 34.1 Å². The monoisotopic (exact) mass is 189 g/mol. The minimum Gasteiger partial charge on any atom is -0.366 e. The summed E-state index contributed by atoms with van der Waals surface area (Å²) in [5.74, 6) is 0.0985. The fourth-order valence-corrected chi connectivity index (χ4v) is 0.697. The Bertz CT molecular complexity index is 170. The average Bonchev–Trinajstić information content (AvgIpc) is 2.03. The van der Waals surface area contributed by atoms with Gasteiger partial charge in [0.1, 0.15) is 0 Å². The summed E-state index contributed by atoms with van der Waals surface area (Å²) >= 11 is 4.83. The van der Waals surface area contributed by atoms with Crippen LogP contribution in [0.4, 0.5) is 0 Å². The summed E-state index contributed by atoms with van der Waals surface area (Å²) in [4.78, 5) is 12.6. The predicted octanol–water partition coefficient (Wildman–Crippen LogP) is -0.441. The molecule has 0 aromatic rings. The van der Waals surface area contributed by atoms with Gasteiger partial charge in [-0.05, 0) is 12.2 Å². The molecule has 0 saturated heterocycles. The van der Waals surface area contributed by atoms with E-state index in [2.05, 4.69) is 10.6 Å². The molecule has 12 heavy (non-hydrogen) atoms. The number of carbonyl (C=O) groups is 1. The number of carbonyl (C=O) groups excluding carboxylic acids is 1. The topological polar surface area (TPSA) is 44.4 Å². The Morgan fingerprint density at radius 1 is 1.50 bits per heavy atom. The van der Waals surface area contributed by atoms with Gasteiger partial charge in [-0.1, -0.05) is 0 Å². The smallest absolute Gasteiger partial charge is 0.223 e. The van der Waals surface area contributed by atoms with Gasteiger partial charge in [-0.15, -0.1) is 0 Å². The predicted molar refractivity (Wildman–Crippen MR) is 53.0 cm³/mol. The molecule has 4 nitrogen and oxygen atoms in total. The lowest BCUT2D eigenvalue weighted by Gasteiger charge is -2.11.